The first-order valence-electron chi connectivity index (χ1n) is 5.00. The molecule has 0 saturated heterocycles. The predicted molar refractivity (Wildman–Crippen MR) is 59.3 cm³/mol. The number of rotatable bonds is 8. The lowest BCUT2D eigenvalue weighted by atomic mass is 10.2. The normalized spacial score (nSPS) is 14.4. The molecule has 0 bridgehead atoms. The number of hydrogen-bond acceptors (Lipinski definition) is 4. The Morgan fingerprint density at radius 1 is 1.14 bits per heavy atom. The van der Waals surface area contributed by atoms with E-state index in [4.69, 9.17) is 13.3 Å². The van der Waals surface area contributed by atoms with E-state index in [0.717, 1.165) is 19.1 Å². The molecule has 14 heavy (non-hydrogen) atoms. The lowest BCUT2D eigenvalue weighted by Gasteiger charge is -2.27. The molecule has 5 heteroatoms. The first-order chi connectivity index (χ1) is 6.64. The summed E-state index contributed by atoms with van der Waals surface area (Å²) in [6.07, 6.45) is 0. The molecule has 4 nitrogen and oxygen atoms in total. The van der Waals surface area contributed by atoms with Crippen LogP contribution in [0.4, 0.5) is 0 Å². The van der Waals surface area contributed by atoms with Crippen molar-refractivity contribution in [1.29, 1.82) is 0 Å². The Bertz CT molecular complexity index is 134. The Labute approximate surface area is 88.3 Å². The van der Waals surface area contributed by atoms with E-state index in [-0.39, 0.29) is 0 Å². The van der Waals surface area contributed by atoms with Gasteiger partial charge in [0, 0.05) is 27.4 Å². The van der Waals surface area contributed by atoms with Gasteiger partial charge in [0.05, 0.1) is 0 Å². The summed E-state index contributed by atoms with van der Waals surface area (Å²) < 4.78 is 16.1. The van der Waals surface area contributed by atoms with Gasteiger partial charge in [0.15, 0.2) is 0 Å². The molecule has 1 N–H and O–H groups in total. The van der Waals surface area contributed by atoms with Crippen molar-refractivity contribution in [1.82, 2.24) is 5.32 Å². The van der Waals surface area contributed by atoms with Gasteiger partial charge in [-0.2, -0.15) is 0 Å². The highest BCUT2D eigenvalue weighted by Crippen LogP contribution is 2.18. The zero-order valence-corrected chi connectivity index (χ0v) is 10.9. The van der Waals surface area contributed by atoms with Crippen LogP contribution in [-0.2, 0) is 13.3 Å². The van der Waals surface area contributed by atoms with E-state index in [2.05, 4.69) is 19.2 Å². The smallest absolute Gasteiger partial charge is 0.377 e. The first kappa shape index (κ1) is 14.1. The molecule has 0 aliphatic rings. The van der Waals surface area contributed by atoms with E-state index in [1.807, 2.05) is 0 Å². The standard InChI is InChI=1S/C9H23NO3Si/c1-6-10-7-9(2)8-14(11-3,12-4)13-5/h9-10H,6-8H2,1-5H3/t9-/m0/s1. The Balaban J connectivity index is 4.01. The van der Waals surface area contributed by atoms with Crippen molar-refractivity contribution in [3.63, 3.8) is 0 Å². The summed E-state index contributed by atoms with van der Waals surface area (Å²) in [5.74, 6) is 0.501. The largest absolute Gasteiger partial charge is 0.500 e. The van der Waals surface area contributed by atoms with E-state index in [1.54, 1.807) is 21.3 Å². The summed E-state index contributed by atoms with van der Waals surface area (Å²) in [4.78, 5) is 0. The number of hydrogen-bond donors (Lipinski definition) is 1. The van der Waals surface area contributed by atoms with Gasteiger partial charge in [-0.1, -0.05) is 13.8 Å². The van der Waals surface area contributed by atoms with Crippen molar-refractivity contribution in [3.05, 3.63) is 0 Å². The average molecular weight is 221 g/mol. The van der Waals surface area contributed by atoms with E-state index in [9.17, 15) is 0 Å². The Hall–Kier alpha value is 0.0569. The van der Waals surface area contributed by atoms with E-state index < -0.39 is 8.80 Å². The van der Waals surface area contributed by atoms with E-state index in [1.165, 1.54) is 0 Å². The Morgan fingerprint density at radius 3 is 2.00 bits per heavy atom. The summed E-state index contributed by atoms with van der Waals surface area (Å²) in [5, 5.41) is 3.30. The summed E-state index contributed by atoms with van der Waals surface area (Å²) in [6, 6.07) is 0.851. The molecule has 0 heterocycles. The minimum Gasteiger partial charge on any atom is -0.377 e. The molecule has 86 valence electrons. The highest BCUT2D eigenvalue weighted by molar-refractivity contribution is 6.60. The van der Waals surface area contributed by atoms with Gasteiger partial charge >= 0.3 is 8.80 Å². The van der Waals surface area contributed by atoms with Gasteiger partial charge in [-0.05, 0) is 19.0 Å². The van der Waals surface area contributed by atoms with Crippen molar-refractivity contribution < 1.29 is 13.3 Å². The summed E-state index contributed by atoms with van der Waals surface area (Å²) in [5.41, 5.74) is 0. The van der Waals surface area contributed by atoms with Crippen LogP contribution in [0.5, 0.6) is 0 Å². The van der Waals surface area contributed by atoms with Gasteiger partial charge in [-0.15, -0.1) is 0 Å². The van der Waals surface area contributed by atoms with Gasteiger partial charge in [-0.3, -0.25) is 0 Å². The van der Waals surface area contributed by atoms with Crippen molar-refractivity contribution in [2.45, 2.75) is 19.9 Å². The topological polar surface area (TPSA) is 39.7 Å². The van der Waals surface area contributed by atoms with Crippen molar-refractivity contribution in [2.24, 2.45) is 5.92 Å². The minimum atomic E-state index is -2.37. The maximum atomic E-state index is 5.35. The first-order valence-corrected chi connectivity index (χ1v) is 6.93. The summed E-state index contributed by atoms with van der Waals surface area (Å²) >= 11 is 0. The molecule has 0 radical (unpaired) electrons. The van der Waals surface area contributed by atoms with Gasteiger partial charge in [0.2, 0.25) is 0 Å². The SMILES string of the molecule is CCNC[C@H](C)C[Si](OC)(OC)OC. The third-order valence-corrected chi connectivity index (χ3v) is 5.34. The van der Waals surface area contributed by atoms with Gasteiger partial charge in [0.1, 0.15) is 0 Å². The van der Waals surface area contributed by atoms with Crippen LogP contribution in [0.15, 0.2) is 0 Å². The zero-order chi connectivity index (χ0) is 11.0. The average Bonchev–Trinajstić information content (AvgIpc) is 2.23. The highest BCUT2D eigenvalue weighted by Gasteiger charge is 2.39. The molecule has 0 aromatic rings. The van der Waals surface area contributed by atoms with Crippen LogP contribution >= 0.6 is 0 Å². The second kappa shape index (κ2) is 7.36. The maximum absolute atomic E-state index is 5.35. The quantitative estimate of drug-likeness (QED) is 0.623. The van der Waals surface area contributed by atoms with Crippen LogP contribution in [0.3, 0.4) is 0 Å². The van der Waals surface area contributed by atoms with Gasteiger partial charge in [0.25, 0.3) is 0 Å². The van der Waals surface area contributed by atoms with Gasteiger partial charge < -0.3 is 18.6 Å². The summed E-state index contributed by atoms with van der Waals surface area (Å²) in [6.45, 7) is 6.23. The van der Waals surface area contributed by atoms with Crippen LogP contribution in [0.25, 0.3) is 0 Å². The molecule has 0 aliphatic heterocycles. The number of nitrogens with one attached hydrogen (secondary N) is 1. The fraction of sp³-hybridized carbons (Fsp3) is 1.00. The molecule has 0 amide bonds. The third-order valence-electron chi connectivity index (χ3n) is 2.27. The molecule has 0 aromatic heterocycles. The van der Waals surface area contributed by atoms with Crippen LogP contribution in [0.2, 0.25) is 6.04 Å². The molecular weight excluding hydrogens is 198 g/mol. The van der Waals surface area contributed by atoms with Crippen LogP contribution < -0.4 is 5.32 Å². The zero-order valence-electron chi connectivity index (χ0n) is 9.92. The van der Waals surface area contributed by atoms with Crippen molar-refractivity contribution in [2.75, 3.05) is 34.4 Å². The molecule has 0 rings (SSSR count). The molecule has 1 atom stereocenters. The monoisotopic (exact) mass is 221 g/mol. The van der Waals surface area contributed by atoms with Gasteiger partial charge in [-0.25, -0.2) is 0 Å². The maximum Gasteiger partial charge on any atom is 0.500 e. The van der Waals surface area contributed by atoms with E-state index in [0.29, 0.717) is 5.92 Å². The highest BCUT2D eigenvalue weighted by atomic mass is 28.4. The molecule has 0 saturated carbocycles. The summed E-state index contributed by atoms with van der Waals surface area (Å²) in [7, 11) is 2.59. The molecule has 0 aliphatic carbocycles. The Kier molecular flexibility index (Phi) is 7.39. The predicted octanol–water partition coefficient (Wildman–Crippen LogP) is 1.11. The van der Waals surface area contributed by atoms with Crippen molar-refractivity contribution >= 4 is 8.80 Å². The Morgan fingerprint density at radius 2 is 1.64 bits per heavy atom. The van der Waals surface area contributed by atoms with Crippen LogP contribution in [-0.4, -0.2) is 43.2 Å². The van der Waals surface area contributed by atoms with Crippen LogP contribution in [0, 0.1) is 5.92 Å². The van der Waals surface area contributed by atoms with E-state index >= 15 is 0 Å². The lowest BCUT2D eigenvalue weighted by Crippen LogP contribution is -2.45. The fourth-order valence-corrected chi connectivity index (χ4v) is 3.39. The lowest BCUT2D eigenvalue weighted by molar-refractivity contribution is 0.119. The van der Waals surface area contributed by atoms with Crippen molar-refractivity contribution in [3.8, 4) is 0 Å². The molecule has 0 unspecified atom stereocenters. The molecular formula is C9H23NO3Si. The molecule has 0 aromatic carbocycles. The minimum absolute atomic E-state index is 0.501. The second-order valence-electron chi connectivity index (χ2n) is 3.41. The molecule has 0 spiro atoms. The molecule has 0 fully saturated rings. The van der Waals surface area contributed by atoms with Crippen LogP contribution in [0.1, 0.15) is 13.8 Å². The third kappa shape index (κ3) is 4.52. The second-order valence-corrected chi connectivity index (χ2v) is 6.41. The fourth-order valence-electron chi connectivity index (χ4n) is 1.39.